The van der Waals surface area contributed by atoms with Crippen LogP contribution in [0.15, 0.2) is 61.0 Å². The van der Waals surface area contributed by atoms with Crippen molar-refractivity contribution in [3.05, 3.63) is 77.6 Å². The number of ether oxygens (including phenoxy) is 1. The molecule has 0 radical (unpaired) electrons. The predicted octanol–water partition coefficient (Wildman–Crippen LogP) is 2.99. The number of carbonyl (C=O) groups excluding carboxylic acids is 1. The van der Waals surface area contributed by atoms with E-state index >= 15 is 0 Å². The van der Waals surface area contributed by atoms with E-state index in [-0.39, 0.29) is 11.9 Å². The first-order chi connectivity index (χ1) is 15.6. The summed E-state index contributed by atoms with van der Waals surface area (Å²) in [6.45, 7) is 0.385. The molecule has 32 heavy (non-hydrogen) atoms. The zero-order chi connectivity index (χ0) is 22.8. The van der Waals surface area contributed by atoms with Gasteiger partial charge in [0, 0.05) is 11.8 Å². The Kier molecular flexibility index (Phi) is 9.30. The van der Waals surface area contributed by atoms with Crippen molar-refractivity contribution < 1.29 is 9.53 Å². The Morgan fingerprint density at radius 1 is 1.31 bits per heavy atom. The Labute approximate surface area is 193 Å². The molecule has 2 atom stereocenters. The number of hydrogen-bond donors (Lipinski definition) is 4. The summed E-state index contributed by atoms with van der Waals surface area (Å²) in [6, 6.07) is 9.21. The quantitative estimate of drug-likeness (QED) is 0.235. The first-order valence-corrected chi connectivity index (χ1v) is 12.1. The number of allylic oxidation sites excluding steroid dienone is 4. The number of aromatic nitrogens is 1. The molecule has 6 N–H and O–H groups in total. The summed E-state index contributed by atoms with van der Waals surface area (Å²) in [5, 5.41) is 3.07. The first kappa shape index (κ1) is 24.0. The summed E-state index contributed by atoms with van der Waals surface area (Å²) in [6.07, 6.45) is 13.9. The van der Waals surface area contributed by atoms with Crippen LogP contribution in [0.4, 0.5) is 0 Å². The Bertz CT molecular complexity index is 949. The fourth-order valence-electron chi connectivity index (χ4n) is 3.48. The van der Waals surface area contributed by atoms with Gasteiger partial charge in [0.15, 0.2) is 0 Å². The van der Waals surface area contributed by atoms with Gasteiger partial charge >= 0.3 is 0 Å². The normalized spacial score (nSPS) is 15.0. The SMILES string of the molecule is CSCCC(NC(=O)c1ccc(COc2cccnc2)cc1C1=CCCC=C1)C(N)NN. The number of carbonyl (C=O) groups is 1. The van der Waals surface area contributed by atoms with Gasteiger partial charge in [-0.2, -0.15) is 11.8 Å². The highest BCUT2D eigenvalue weighted by Crippen LogP contribution is 2.27. The van der Waals surface area contributed by atoms with Crippen LogP contribution in [-0.4, -0.2) is 35.1 Å². The molecule has 1 aromatic heterocycles. The molecule has 1 heterocycles. The van der Waals surface area contributed by atoms with Gasteiger partial charge in [0.2, 0.25) is 0 Å². The molecule has 2 unspecified atom stereocenters. The number of nitrogens with one attached hydrogen (secondary N) is 2. The van der Waals surface area contributed by atoms with Crippen LogP contribution in [0.25, 0.3) is 5.57 Å². The van der Waals surface area contributed by atoms with E-state index < -0.39 is 6.17 Å². The first-order valence-electron chi connectivity index (χ1n) is 10.7. The third-order valence-electron chi connectivity index (χ3n) is 5.25. The van der Waals surface area contributed by atoms with Gasteiger partial charge in [-0.3, -0.25) is 15.6 Å². The number of hydrazine groups is 1. The monoisotopic (exact) mass is 453 g/mol. The largest absolute Gasteiger partial charge is 0.487 e. The fraction of sp³-hybridized carbons (Fsp3) is 0.333. The minimum absolute atomic E-state index is 0.170. The van der Waals surface area contributed by atoms with Crippen LogP contribution in [0.5, 0.6) is 5.75 Å². The van der Waals surface area contributed by atoms with Gasteiger partial charge in [-0.25, -0.2) is 5.43 Å². The Hall–Kier alpha value is -2.65. The molecule has 1 aliphatic rings. The lowest BCUT2D eigenvalue weighted by atomic mass is 9.93. The lowest BCUT2D eigenvalue weighted by Crippen LogP contribution is -2.57. The van der Waals surface area contributed by atoms with Crippen molar-refractivity contribution in [3.63, 3.8) is 0 Å². The molecule has 0 saturated heterocycles. The maximum atomic E-state index is 13.3. The molecule has 3 rings (SSSR count). The summed E-state index contributed by atoms with van der Waals surface area (Å²) in [4.78, 5) is 17.3. The fourth-order valence-corrected chi connectivity index (χ4v) is 3.97. The summed E-state index contributed by atoms with van der Waals surface area (Å²) in [5.74, 6) is 6.94. The van der Waals surface area contributed by atoms with Gasteiger partial charge in [0.25, 0.3) is 5.91 Å². The van der Waals surface area contributed by atoms with Crippen LogP contribution in [0.2, 0.25) is 0 Å². The maximum Gasteiger partial charge on any atom is 0.252 e. The molecular weight excluding hydrogens is 422 g/mol. The highest BCUT2D eigenvalue weighted by Gasteiger charge is 2.22. The molecule has 0 bridgehead atoms. The van der Waals surface area contributed by atoms with E-state index in [1.54, 1.807) is 24.2 Å². The van der Waals surface area contributed by atoms with Crippen LogP contribution in [0, 0.1) is 0 Å². The Balaban J connectivity index is 1.84. The smallest absolute Gasteiger partial charge is 0.252 e. The van der Waals surface area contributed by atoms with Gasteiger partial charge in [-0.1, -0.05) is 24.3 Å². The molecule has 0 spiro atoms. The molecule has 0 fully saturated rings. The van der Waals surface area contributed by atoms with E-state index in [4.69, 9.17) is 16.3 Å². The lowest BCUT2D eigenvalue weighted by molar-refractivity contribution is 0.0926. The van der Waals surface area contributed by atoms with Crippen LogP contribution < -0.4 is 27.1 Å². The highest BCUT2D eigenvalue weighted by molar-refractivity contribution is 7.98. The van der Waals surface area contributed by atoms with Crippen molar-refractivity contribution in [3.8, 4) is 5.75 Å². The van der Waals surface area contributed by atoms with Gasteiger partial charge < -0.3 is 15.8 Å². The lowest BCUT2D eigenvalue weighted by Gasteiger charge is -2.25. The van der Waals surface area contributed by atoms with Crippen LogP contribution >= 0.6 is 11.8 Å². The van der Waals surface area contributed by atoms with E-state index in [2.05, 4.69) is 34.0 Å². The van der Waals surface area contributed by atoms with Gasteiger partial charge in [-0.05, 0) is 72.2 Å². The molecule has 0 aliphatic heterocycles. The summed E-state index contributed by atoms with van der Waals surface area (Å²) < 4.78 is 5.85. The van der Waals surface area contributed by atoms with Crippen molar-refractivity contribution in [1.82, 2.24) is 15.7 Å². The number of nitrogens with zero attached hydrogens (tertiary/aromatic N) is 1. The molecule has 1 aromatic carbocycles. The summed E-state index contributed by atoms with van der Waals surface area (Å²) in [5.41, 5.74) is 12.1. The third kappa shape index (κ3) is 6.67. The second kappa shape index (κ2) is 12.4. The van der Waals surface area contributed by atoms with Gasteiger partial charge in [-0.15, -0.1) is 0 Å². The number of rotatable bonds is 11. The second-order valence-electron chi connectivity index (χ2n) is 7.55. The zero-order valence-electron chi connectivity index (χ0n) is 18.3. The van der Waals surface area contributed by atoms with E-state index in [1.165, 1.54) is 0 Å². The minimum Gasteiger partial charge on any atom is -0.487 e. The topological polar surface area (TPSA) is 115 Å². The molecule has 1 amide bonds. The summed E-state index contributed by atoms with van der Waals surface area (Å²) >= 11 is 1.70. The van der Waals surface area contributed by atoms with Crippen LogP contribution in [0.3, 0.4) is 0 Å². The number of hydrogen-bond acceptors (Lipinski definition) is 7. The molecule has 8 heteroatoms. The Morgan fingerprint density at radius 2 is 2.19 bits per heavy atom. The van der Waals surface area contributed by atoms with Gasteiger partial charge in [0.05, 0.1) is 18.4 Å². The molecule has 0 saturated carbocycles. The van der Waals surface area contributed by atoms with E-state index in [0.29, 0.717) is 24.3 Å². The van der Waals surface area contributed by atoms with E-state index in [9.17, 15) is 4.79 Å². The molecular formula is C24H31N5O2S. The number of nitrogens with two attached hydrogens (primary N) is 2. The van der Waals surface area contributed by atoms with Crippen LogP contribution in [-0.2, 0) is 6.61 Å². The Morgan fingerprint density at radius 3 is 2.88 bits per heavy atom. The minimum atomic E-state index is -0.532. The van der Waals surface area contributed by atoms with Crippen molar-refractivity contribution in [2.75, 3.05) is 12.0 Å². The number of thioether (sulfide) groups is 1. The average molecular weight is 454 g/mol. The zero-order valence-corrected chi connectivity index (χ0v) is 19.1. The average Bonchev–Trinajstić information content (AvgIpc) is 2.85. The molecule has 2 aromatic rings. The van der Waals surface area contributed by atoms with Crippen LogP contribution in [0.1, 0.15) is 40.7 Å². The maximum absolute atomic E-state index is 13.3. The van der Waals surface area contributed by atoms with Crippen molar-refractivity contribution in [2.45, 2.75) is 38.1 Å². The standard InChI is InChI=1S/C24H31N5O2S/c1-32-13-11-22(23(25)29-26)28-24(30)20-10-9-17(16-31-19-8-5-12-27-15-19)14-21(20)18-6-3-2-4-7-18/h3,5-10,12,14-15,22-23,29H,2,4,11,13,16,25-26H2,1H3,(H,28,30). The third-order valence-corrected chi connectivity index (χ3v) is 5.89. The van der Waals surface area contributed by atoms with E-state index in [0.717, 1.165) is 35.3 Å². The van der Waals surface area contributed by atoms with Crippen molar-refractivity contribution >= 4 is 23.2 Å². The second-order valence-corrected chi connectivity index (χ2v) is 8.54. The predicted molar refractivity (Wildman–Crippen MR) is 131 cm³/mol. The van der Waals surface area contributed by atoms with Crippen molar-refractivity contribution in [2.24, 2.45) is 11.6 Å². The summed E-state index contributed by atoms with van der Waals surface area (Å²) in [7, 11) is 0. The van der Waals surface area contributed by atoms with E-state index in [1.807, 2.05) is 36.6 Å². The molecule has 7 nitrogen and oxygen atoms in total. The number of benzene rings is 1. The number of pyridine rings is 1. The molecule has 170 valence electrons. The highest BCUT2D eigenvalue weighted by atomic mass is 32.2. The molecule has 1 aliphatic carbocycles. The number of amides is 1. The van der Waals surface area contributed by atoms with Gasteiger partial charge in [0.1, 0.15) is 12.4 Å². The van der Waals surface area contributed by atoms with Crippen molar-refractivity contribution in [1.29, 1.82) is 0 Å².